The summed E-state index contributed by atoms with van der Waals surface area (Å²) in [4.78, 5) is 20.2. The number of nitrogens with zero attached hydrogens (tertiary/aromatic N) is 1. The number of aryl methyl sites for hydroxylation is 2. The lowest BCUT2D eigenvalue weighted by Gasteiger charge is -2.13. The van der Waals surface area contributed by atoms with Gasteiger partial charge in [0.15, 0.2) is 0 Å². The van der Waals surface area contributed by atoms with Crippen molar-refractivity contribution in [2.24, 2.45) is 0 Å². The van der Waals surface area contributed by atoms with E-state index in [9.17, 15) is 4.79 Å². The molecule has 1 aromatic heterocycles. The SMILES string of the molecule is Cc1ccc(C(=O)NC(C)c2nc3ccccc3[nH]2)c(C)c1. The van der Waals surface area contributed by atoms with Crippen molar-refractivity contribution in [3.8, 4) is 0 Å². The summed E-state index contributed by atoms with van der Waals surface area (Å²) >= 11 is 0. The molecule has 2 aromatic carbocycles. The molecule has 0 radical (unpaired) electrons. The fraction of sp³-hybridized carbons (Fsp3) is 0.222. The Labute approximate surface area is 129 Å². The average molecular weight is 293 g/mol. The molecule has 0 aliphatic rings. The van der Waals surface area contributed by atoms with Crippen molar-refractivity contribution in [3.63, 3.8) is 0 Å². The van der Waals surface area contributed by atoms with Gasteiger partial charge in [-0.15, -0.1) is 0 Å². The van der Waals surface area contributed by atoms with Crippen LogP contribution in [0.3, 0.4) is 0 Å². The molecule has 1 amide bonds. The molecule has 4 nitrogen and oxygen atoms in total. The zero-order valence-corrected chi connectivity index (χ0v) is 13.0. The van der Waals surface area contributed by atoms with Crippen LogP contribution in [0, 0.1) is 13.8 Å². The lowest BCUT2D eigenvalue weighted by Crippen LogP contribution is -2.28. The Hall–Kier alpha value is -2.62. The summed E-state index contributed by atoms with van der Waals surface area (Å²) < 4.78 is 0. The van der Waals surface area contributed by atoms with E-state index in [1.54, 1.807) is 0 Å². The summed E-state index contributed by atoms with van der Waals surface area (Å²) in [5, 5.41) is 3.00. The van der Waals surface area contributed by atoms with Crippen LogP contribution < -0.4 is 5.32 Å². The summed E-state index contributed by atoms with van der Waals surface area (Å²) in [5.41, 5.74) is 4.72. The monoisotopic (exact) mass is 293 g/mol. The van der Waals surface area contributed by atoms with Crippen LogP contribution in [0.25, 0.3) is 11.0 Å². The molecule has 0 spiro atoms. The Balaban J connectivity index is 1.81. The van der Waals surface area contributed by atoms with Gasteiger partial charge in [-0.25, -0.2) is 4.98 Å². The second kappa shape index (κ2) is 5.64. The van der Waals surface area contributed by atoms with Crippen LogP contribution in [0.15, 0.2) is 42.5 Å². The molecule has 4 heteroatoms. The third-order valence-electron chi connectivity index (χ3n) is 3.79. The number of carbonyl (C=O) groups excluding carboxylic acids is 1. The minimum absolute atomic E-state index is 0.0783. The van der Waals surface area contributed by atoms with Gasteiger partial charge in [0.2, 0.25) is 0 Å². The summed E-state index contributed by atoms with van der Waals surface area (Å²) in [6.07, 6.45) is 0. The molecule has 1 unspecified atom stereocenters. The highest BCUT2D eigenvalue weighted by molar-refractivity contribution is 5.95. The first-order chi connectivity index (χ1) is 10.5. The predicted molar refractivity (Wildman–Crippen MR) is 87.9 cm³/mol. The second-order valence-corrected chi connectivity index (χ2v) is 5.65. The number of aromatic nitrogens is 2. The third-order valence-corrected chi connectivity index (χ3v) is 3.79. The molecule has 0 bridgehead atoms. The fourth-order valence-corrected chi connectivity index (χ4v) is 2.59. The predicted octanol–water partition coefficient (Wildman–Crippen LogP) is 3.67. The Kier molecular flexibility index (Phi) is 3.67. The van der Waals surface area contributed by atoms with Crippen LogP contribution >= 0.6 is 0 Å². The van der Waals surface area contributed by atoms with Crippen molar-refractivity contribution in [2.45, 2.75) is 26.8 Å². The molecule has 0 fully saturated rings. The highest BCUT2D eigenvalue weighted by atomic mass is 16.1. The molecule has 1 heterocycles. The Morgan fingerprint density at radius 1 is 1.18 bits per heavy atom. The average Bonchev–Trinajstić information content (AvgIpc) is 2.91. The summed E-state index contributed by atoms with van der Waals surface area (Å²) in [6.45, 7) is 5.90. The zero-order chi connectivity index (χ0) is 15.7. The molecule has 0 aliphatic carbocycles. The maximum Gasteiger partial charge on any atom is 0.252 e. The van der Waals surface area contributed by atoms with E-state index in [0.717, 1.165) is 28.0 Å². The highest BCUT2D eigenvalue weighted by Crippen LogP contribution is 2.17. The minimum Gasteiger partial charge on any atom is -0.342 e. The number of fused-ring (bicyclic) bond motifs is 1. The Morgan fingerprint density at radius 2 is 1.95 bits per heavy atom. The first-order valence-corrected chi connectivity index (χ1v) is 7.37. The maximum absolute atomic E-state index is 12.4. The molecule has 22 heavy (non-hydrogen) atoms. The van der Waals surface area contributed by atoms with Gasteiger partial charge < -0.3 is 10.3 Å². The standard InChI is InChI=1S/C18H19N3O/c1-11-8-9-14(12(2)10-11)18(22)19-13(3)17-20-15-6-4-5-7-16(15)21-17/h4-10,13H,1-3H3,(H,19,22)(H,20,21). The third kappa shape index (κ3) is 2.72. The van der Waals surface area contributed by atoms with E-state index in [1.807, 2.05) is 63.2 Å². The van der Waals surface area contributed by atoms with Crippen LogP contribution in [0.5, 0.6) is 0 Å². The number of benzene rings is 2. The van der Waals surface area contributed by atoms with E-state index < -0.39 is 0 Å². The number of hydrogen-bond acceptors (Lipinski definition) is 2. The van der Waals surface area contributed by atoms with Crippen molar-refractivity contribution in [1.29, 1.82) is 0 Å². The van der Waals surface area contributed by atoms with Crippen LogP contribution in [0.1, 0.15) is 40.3 Å². The van der Waals surface area contributed by atoms with Gasteiger partial charge in [-0.3, -0.25) is 4.79 Å². The molecule has 0 aliphatic heterocycles. The number of H-pyrrole nitrogens is 1. The number of imidazole rings is 1. The topological polar surface area (TPSA) is 57.8 Å². The summed E-state index contributed by atoms with van der Waals surface area (Å²) in [5.74, 6) is 0.685. The first kappa shape index (κ1) is 14.3. The number of aromatic amines is 1. The fourth-order valence-electron chi connectivity index (χ4n) is 2.59. The lowest BCUT2D eigenvalue weighted by atomic mass is 10.0. The highest BCUT2D eigenvalue weighted by Gasteiger charge is 2.16. The molecule has 3 aromatic rings. The zero-order valence-electron chi connectivity index (χ0n) is 13.0. The lowest BCUT2D eigenvalue weighted by molar-refractivity contribution is 0.0938. The molecule has 0 saturated carbocycles. The van der Waals surface area contributed by atoms with Crippen LogP contribution in [-0.4, -0.2) is 15.9 Å². The van der Waals surface area contributed by atoms with E-state index in [2.05, 4.69) is 15.3 Å². The van der Waals surface area contributed by atoms with Crippen LogP contribution in [0.2, 0.25) is 0 Å². The number of hydrogen-bond donors (Lipinski definition) is 2. The number of amides is 1. The van der Waals surface area contributed by atoms with Crippen LogP contribution in [0.4, 0.5) is 0 Å². The van der Waals surface area contributed by atoms with Crippen molar-refractivity contribution >= 4 is 16.9 Å². The number of para-hydroxylation sites is 2. The Bertz CT molecular complexity index is 802. The molecular weight excluding hydrogens is 274 g/mol. The van der Waals surface area contributed by atoms with Gasteiger partial charge in [0.05, 0.1) is 17.1 Å². The molecular formula is C18H19N3O. The van der Waals surface area contributed by atoms with E-state index in [-0.39, 0.29) is 11.9 Å². The molecule has 3 rings (SSSR count). The van der Waals surface area contributed by atoms with Gasteiger partial charge in [-0.1, -0.05) is 29.8 Å². The van der Waals surface area contributed by atoms with Gasteiger partial charge in [0, 0.05) is 5.56 Å². The van der Waals surface area contributed by atoms with Crippen molar-refractivity contribution < 1.29 is 4.79 Å². The van der Waals surface area contributed by atoms with Crippen molar-refractivity contribution in [3.05, 3.63) is 65.0 Å². The van der Waals surface area contributed by atoms with Gasteiger partial charge >= 0.3 is 0 Å². The number of rotatable bonds is 3. The van der Waals surface area contributed by atoms with Gasteiger partial charge in [-0.05, 0) is 44.5 Å². The summed E-state index contributed by atoms with van der Waals surface area (Å²) in [7, 11) is 0. The smallest absolute Gasteiger partial charge is 0.252 e. The normalized spacial score (nSPS) is 12.3. The molecule has 1 atom stereocenters. The van der Waals surface area contributed by atoms with E-state index in [4.69, 9.17) is 0 Å². The minimum atomic E-state index is -0.180. The van der Waals surface area contributed by atoms with Crippen LogP contribution in [-0.2, 0) is 0 Å². The van der Waals surface area contributed by atoms with Gasteiger partial charge in [0.1, 0.15) is 5.82 Å². The van der Waals surface area contributed by atoms with Gasteiger partial charge in [0.25, 0.3) is 5.91 Å². The van der Waals surface area contributed by atoms with E-state index >= 15 is 0 Å². The maximum atomic E-state index is 12.4. The number of nitrogens with one attached hydrogen (secondary N) is 2. The van der Waals surface area contributed by atoms with E-state index in [1.165, 1.54) is 0 Å². The van der Waals surface area contributed by atoms with E-state index in [0.29, 0.717) is 5.56 Å². The van der Waals surface area contributed by atoms with Crippen molar-refractivity contribution in [1.82, 2.24) is 15.3 Å². The Morgan fingerprint density at radius 3 is 2.68 bits per heavy atom. The largest absolute Gasteiger partial charge is 0.342 e. The molecule has 0 saturated heterocycles. The molecule has 2 N–H and O–H groups in total. The summed E-state index contributed by atoms with van der Waals surface area (Å²) in [6, 6.07) is 13.5. The quantitative estimate of drug-likeness (QED) is 0.774. The van der Waals surface area contributed by atoms with Gasteiger partial charge in [-0.2, -0.15) is 0 Å². The first-order valence-electron chi connectivity index (χ1n) is 7.37. The molecule has 112 valence electrons. The van der Waals surface area contributed by atoms with Crippen molar-refractivity contribution in [2.75, 3.05) is 0 Å². The second-order valence-electron chi connectivity index (χ2n) is 5.65. The number of carbonyl (C=O) groups is 1.